The van der Waals surface area contributed by atoms with Gasteiger partial charge in [0, 0.05) is 52.6 Å². The summed E-state index contributed by atoms with van der Waals surface area (Å²) in [5.41, 5.74) is -0.158. The number of ether oxygens (including phenoxy) is 1. The van der Waals surface area contributed by atoms with E-state index in [-0.39, 0.29) is 18.2 Å². The fourth-order valence-electron chi connectivity index (χ4n) is 4.37. The molecule has 2 bridgehead atoms. The molecular weight excluding hydrogens is 397 g/mol. The Morgan fingerprint density at radius 3 is 2.68 bits per heavy atom. The van der Waals surface area contributed by atoms with Gasteiger partial charge in [0.15, 0.2) is 5.15 Å². The topological polar surface area (TPSA) is 47.4 Å². The molecule has 8 heteroatoms. The van der Waals surface area contributed by atoms with Crippen LogP contribution in [-0.2, 0) is 11.5 Å². The van der Waals surface area contributed by atoms with E-state index in [1.165, 1.54) is 0 Å². The van der Waals surface area contributed by atoms with Crippen molar-refractivity contribution in [2.24, 2.45) is 0 Å². The molecule has 3 saturated carbocycles. The monoisotopic (exact) mass is 423 g/mol. The summed E-state index contributed by atoms with van der Waals surface area (Å²) in [7, 11) is 0.568. The number of alkyl halides is 1. The third-order valence-corrected chi connectivity index (χ3v) is 8.13. The molecule has 5 nitrogen and oxygen atoms in total. The molecule has 2 heterocycles. The number of carbonyl (C=O) groups is 1. The summed E-state index contributed by atoms with van der Waals surface area (Å²) in [5, 5.41) is 1.20. The van der Waals surface area contributed by atoms with Crippen LogP contribution >= 0.6 is 11.6 Å². The van der Waals surface area contributed by atoms with E-state index < -0.39 is 13.7 Å². The van der Waals surface area contributed by atoms with E-state index in [1.807, 2.05) is 16.7 Å². The van der Waals surface area contributed by atoms with Crippen molar-refractivity contribution in [3.63, 3.8) is 0 Å². The fourth-order valence-corrected chi connectivity index (χ4v) is 5.40. The van der Waals surface area contributed by atoms with Gasteiger partial charge in [-0.1, -0.05) is 31.2 Å². The Balaban J connectivity index is 1.60. The van der Waals surface area contributed by atoms with Gasteiger partial charge in [0.25, 0.3) is 5.91 Å². The van der Waals surface area contributed by atoms with Gasteiger partial charge in [-0.3, -0.25) is 4.79 Å². The van der Waals surface area contributed by atoms with E-state index in [9.17, 15) is 9.18 Å². The molecule has 1 amide bonds. The van der Waals surface area contributed by atoms with Crippen LogP contribution in [-0.4, -0.2) is 53.3 Å². The van der Waals surface area contributed by atoms with Gasteiger partial charge in [-0.2, -0.15) is 0 Å². The zero-order valence-corrected chi connectivity index (χ0v) is 18.6. The van der Waals surface area contributed by atoms with Gasteiger partial charge in [0.1, 0.15) is 18.1 Å². The lowest BCUT2D eigenvalue weighted by Gasteiger charge is -2.68. The van der Waals surface area contributed by atoms with E-state index in [0.717, 1.165) is 11.4 Å². The first kappa shape index (κ1) is 19.9. The number of amides is 1. The zero-order valence-electron chi connectivity index (χ0n) is 16.9. The third-order valence-electron chi connectivity index (χ3n) is 6.15. The molecule has 152 valence electrons. The van der Waals surface area contributed by atoms with Crippen molar-refractivity contribution in [1.29, 1.82) is 0 Å². The second-order valence-electron chi connectivity index (χ2n) is 9.61. The number of hydrogen-bond acceptors (Lipinski definition) is 3. The summed E-state index contributed by atoms with van der Waals surface area (Å²) < 4.78 is 21.7. The normalized spacial score (nSPS) is 26.1. The van der Waals surface area contributed by atoms with Crippen LogP contribution in [0.2, 0.25) is 30.8 Å². The Morgan fingerprint density at radius 1 is 1.39 bits per heavy atom. The van der Waals surface area contributed by atoms with Crippen molar-refractivity contribution in [3.8, 4) is 0 Å². The summed E-state index contributed by atoms with van der Waals surface area (Å²) in [6.07, 6.45) is 2.96. The van der Waals surface area contributed by atoms with Crippen LogP contribution in [0.1, 0.15) is 29.8 Å². The lowest BCUT2D eigenvalue weighted by Crippen LogP contribution is -2.76. The molecule has 2 aromatic heterocycles. The lowest BCUT2D eigenvalue weighted by atomic mass is 9.47. The first-order valence-corrected chi connectivity index (χ1v) is 13.8. The second-order valence-corrected chi connectivity index (χ2v) is 15.6. The molecule has 5 rings (SSSR count). The van der Waals surface area contributed by atoms with E-state index >= 15 is 0 Å². The predicted molar refractivity (Wildman–Crippen MR) is 111 cm³/mol. The number of pyridine rings is 1. The van der Waals surface area contributed by atoms with Gasteiger partial charge in [0.2, 0.25) is 0 Å². The molecule has 3 aliphatic carbocycles. The van der Waals surface area contributed by atoms with Crippen LogP contribution < -0.4 is 0 Å². The Bertz CT molecular complexity index is 920. The molecule has 28 heavy (non-hydrogen) atoms. The minimum atomic E-state index is -1.20. The molecule has 3 fully saturated rings. The third kappa shape index (κ3) is 3.27. The Kier molecular flexibility index (Phi) is 4.64. The van der Waals surface area contributed by atoms with Gasteiger partial charge in [-0.25, -0.2) is 9.37 Å². The number of fused-ring (bicyclic) bond motifs is 1. The summed E-state index contributed by atoms with van der Waals surface area (Å²) in [5.74, 6) is -0.122. The lowest BCUT2D eigenvalue weighted by molar-refractivity contribution is -0.207. The Hall–Kier alpha value is -1.44. The van der Waals surface area contributed by atoms with Crippen molar-refractivity contribution < 1.29 is 13.9 Å². The van der Waals surface area contributed by atoms with Crippen molar-refractivity contribution in [2.45, 2.75) is 62.9 Å². The number of nitrogens with zero attached hydrogens (tertiary/aromatic N) is 3. The molecule has 3 aliphatic rings. The number of aromatic nitrogens is 2. The van der Waals surface area contributed by atoms with Crippen LogP contribution in [0.15, 0.2) is 18.3 Å². The van der Waals surface area contributed by atoms with Gasteiger partial charge in [-0.05, 0) is 18.2 Å². The van der Waals surface area contributed by atoms with Crippen molar-refractivity contribution >= 4 is 36.5 Å². The highest BCUT2D eigenvalue weighted by Crippen LogP contribution is 2.65. The van der Waals surface area contributed by atoms with Crippen molar-refractivity contribution in [3.05, 3.63) is 29.2 Å². The first-order chi connectivity index (χ1) is 13.0. The molecule has 0 aromatic carbocycles. The van der Waals surface area contributed by atoms with Crippen LogP contribution in [0.5, 0.6) is 0 Å². The first-order valence-electron chi connectivity index (χ1n) is 9.72. The van der Waals surface area contributed by atoms with Gasteiger partial charge in [0.05, 0.1) is 11.1 Å². The minimum absolute atomic E-state index is 0.122. The van der Waals surface area contributed by atoms with Crippen molar-refractivity contribution in [1.82, 2.24) is 14.5 Å². The quantitative estimate of drug-likeness (QED) is 0.368. The molecule has 0 unspecified atom stereocenters. The minimum Gasteiger partial charge on any atom is -0.361 e. The average molecular weight is 424 g/mol. The molecule has 0 spiro atoms. The number of carbonyl (C=O) groups excluding carboxylic acids is 1. The van der Waals surface area contributed by atoms with Crippen LogP contribution in [0.3, 0.4) is 0 Å². The van der Waals surface area contributed by atoms with Crippen molar-refractivity contribution in [2.75, 3.05) is 13.7 Å². The second kappa shape index (κ2) is 6.54. The standard InChI is InChI=1S/C20H27ClFN3O2Si/c1-24(20-10-19(22,11-20)12-20)18(26)15-9-14-5-6-23-17(21)16(14)25(15)13-27-7-8-28(2,3)4/h5-6,9H,7-8,10-13H2,1-4H3. The molecule has 0 N–H and O–H groups in total. The molecule has 0 radical (unpaired) electrons. The smallest absolute Gasteiger partial charge is 0.270 e. The number of rotatable bonds is 7. The maximum atomic E-state index is 14.0. The van der Waals surface area contributed by atoms with Crippen LogP contribution in [0.4, 0.5) is 4.39 Å². The molecule has 2 aromatic rings. The highest BCUT2D eigenvalue weighted by atomic mass is 35.5. The Labute approximate surface area is 170 Å². The van der Waals surface area contributed by atoms with E-state index in [1.54, 1.807) is 18.1 Å². The summed E-state index contributed by atoms with van der Waals surface area (Å²) >= 11 is 6.34. The number of halogens is 2. The van der Waals surface area contributed by atoms with E-state index in [4.69, 9.17) is 16.3 Å². The van der Waals surface area contributed by atoms with Crippen LogP contribution in [0.25, 0.3) is 10.9 Å². The zero-order chi connectivity index (χ0) is 20.3. The number of hydrogen-bond donors (Lipinski definition) is 0. The Morgan fingerprint density at radius 2 is 2.07 bits per heavy atom. The van der Waals surface area contributed by atoms with Crippen LogP contribution in [0, 0.1) is 0 Å². The SMILES string of the molecule is CN(C(=O)c1cc2ccnc(Cl)c2n1COCC[Si](C)(C)C)C12CC(F)(C1)C2. The van der Waals surface area contributed by atoms with E-state index in [0.29, 0.717) is 42.2 Å². The highest BCUT2D eigenvalue weighted by molar-refractivity contribution is 6.76. The molecular formula is C20H27ClFN3O2Si. The summed E-state index contributed by atoms with van der Waals surface area (Å²) in [6, 6.07) is 4.72. The molecule has 0 saturated heterocycles. The maximum Gasteiger partial charge on any atom is 0.270 e. The van der Waals surface area contributed by atoms with Gasteiger partial charge in [-0.15, -0.1) is 0 Å². The van der Waals surface area contributed by atoms with Gasteiger partial charge < -0.3 is 14.2 Å². The highest BCUT2D eigenvalue weighted by Gasteiger charge is 2.71. The van der Waals surface area contributed by atoms with Gasteiger partial charge >= 0.3 is 0 Å². The maximum absolute atomic E-state index is 14.0. The largest absolute Gasteiger partial charge is 0.361 e. The predicted octanol–water partition coefficient (Wildman–Crippen LogP) is 4.72. The summed E-state index contributed by atoms with van der Waals surface area (Å²) in [6.45, 7) is 7.79. The summed E-state index contributed by atoms with van der Waals surface area (Å²) in [4.78, 5) is 19.2. The van der Waals surface area contributed by atoms with E-state index in [2.05, 4.69) is 24.6 Å². The fraction of sp³-hybridized carbons (Fsp3) is 0.600. The molecule has 0 atom stereocenters. The molecule has 0 aliphatic heterocycles. The average Bonchev–Trinajstić information content (AvgIpc) is 2.93.